The lowest BCUT2D eigenvalue weighted by Crippen LogP contribution is -2.41. The SMILES string of the molecule is C[C@@H](N)CN1C(=O)C2CC2C1=O. The van der Waals surface area contributed by atoms with Gasteiger partial charge in [0.25, 0.3) is 0 Å². The lowest BCUT2D eigenvalue weighted by Gasteiger charge is -2.18. The number of fused-ring (bicyclic) bond motifs is 1. The van der Waals surface area contributed by atoms with Crippen molar-refractivity contribution in [3.63, 3.8) is 0 Å². The summed E-state index contributed by atoms with van der Waals surface area (Å²) in [7, 11) is 0. The number of likely N-dealkylation sites (tertiary alicyclic amines) is 1. The molecule has 0 aromatic heterocycles. The van der Waals surface area contributed by atoms with E-state index < -0.39 is 0 Å². The Kier molecular flexibility index (Phi) is 1.48. The predicted octanol–water partition coefficient (Wildman–Crippen LogP) is -0.662. The van der Waals surface area contributed by atoms with Crippen LogP contribution in [0.5, 0.6) is 0 Å². The fraction of sp³-hybridized carbons (Fsp3) is 0.750. The molecule has 1 saturated heterocycles. The average molecular weight is 168 g/mol. The second-order valence-corrected chi connectivity index (χ2v) is 3.71. The summed E-state index contributed by atoms with van der Waals surface area (Å²) >= 11 is 0. The first-order valence-corrected chi connectivity index (χ1v) is 4.22. The van der Waals surface area contributed by atoms with Crippen molar-refractivity contribution < 1.29 is 9.59 Å². The monoisotopic (exact) mass is 168 g/mol. The molecule has 0 aromatic rings. The third kappa shape index (κ3) is 0.948. The van der Waals surface area contributed by atoms with E-state index in [0.717, 1.165) is 6.42 Å². The lowest BCUT2D eigenvalue weighted by atomic mass is 10.3. The maximum absolute atomic E-state index is 11.3. The molecule has 2 N–H and O–H groups in total. The number of rotatable bonds is 2. The Labute approximate surface area is 70.7 Å². The Balaban J connectivity index is 2.07. The Hall–Kier alpha value is -0.900. The number of carbonyl (C=O) groups excluding carboxylic acids is 2. The predicted molar refractivity (Wildman–Crippen MR) is 42.0 cm³/mol. The molecule has 0 aromatic carbocycles. The highest BCUT2D eigenvalue weighted by atomic mass is 16.2. The van der Waals surface area contributed by atoms with Gasteiger partial charge in [-0.3, -0.25) is 14.5 Å². The molecule has 12 heavy (non-hydrogen) atoms. The summed E-state index contributed by atoms with van der Waals surface area (Å²) in [4.78, 5) is 24.0. The highest BCUT2D eigenvalue weighted by molar-refractivity contribution is 6.08. The van der Waals surface area contributed by atoms with Crippen LogP contribution in [-0.4, -0.2) is 29.3 Å². The standard InChI is InChI=1S/C8H12N2O2/c1-4(9)3-10-7(11)5-2-6(5)8(10)12/h4-6H,2-3,9H2,1H3/t4-,5?,6?/m1/s1. The van der Waals surface area contributed by atoms with Crippen molar-refractivity contribution in [1.82, 2.24) is 4.90 Å². The van der Waals surface area contributed by atoms with E-state index in [4.69, 9.17) is 5.73 Å². The number of piperidine rings is 1. The topological polar surface area (TPSA) is 63.4 Å². The van der Waals surface area contributed by atoms with Gasteiger partial charge < -0.3 is 5.73 Å². The van der Waals surface area contributed by atoms with E-state index in [1.165, 1.54) is 4.90 Å². The smallest absolute Gasteiger partial charge is 0.233 e. The Bertz CT molecular complexity index is 229. The maximum atomic E-state index is 11.3. The quantitative estimate of drug-likeness (QED) is 0.557. The number of carbonyl (C=O) groups is 2. The molecular weight excluding hydrogens is 156 g/mol. The van der Waals surface area contributed by atoms with E-state index in [9.17, 15) is 9.59 Å². The summed E-state index contributed by atoms with van der Waals surface area (Å²) in [5, 5.41) is 0. The van der Waals surface area contributed by atoms with Crippen LogP contribution in [0, 0.1) is 11.8 Å². The van der Waals surface area contributed by atoms with E-state index in [1.807, 2.05) is 0 Å². The zero-order valence-corrected chi connectivity index (χ0v) is 6.99. The Morgan fingerprint density at radius 3 is 2.42 bits per heavy atom. The summed E-state index contributed by atoms with van der Waals surface area (Å²) in [6.45, 7) is 2.18. The first-order valence-electron chi connectivity index (χ1n) is 4.22. The molecule has 4 heteroatoms. The first kappa shape index (κ1) is 7.73. The molecule has 1 saturated carbocycles. The van der Waals surface area contributed by atoms with Gasteiger partial charge in [0.15, 0.2) is 0 Å². The second-order valence-electron chi connectivity index (χ2n) is 3.71. The van der Waals surface area contributed by atoms with Gasteiger partial charge in [0.1, 0.15) is 0 Å². The number of nitrogens with zero attached hydrogens (tertiary/aromatic N) is 1. The molecule has 1 heterocycles. The Morgan fingerprint density at radius 2 is 2.00 bits per heavy atom. The van der Waals surface area contributed by atoms with Gasteiger partial charge in [0.05, 0.1) is 11.8 Å². The molecule has 0 radical (unpaired) electrons. The number of amides is 2. The highest BCUT2D eigenvalue weighted by Crippen LogP contribution is 2.46. The fourth-order valence-corrected chi connectivity index (χ4v) is 1.72. The number of imide groups is 1. The summed E-state index contributed by atoms with van der Waals surface area (Å²) in [5.74, 6) is -0.00269. The summed E-state index contributed by atoms with van der Waals surface area (Å²) in [6.07, 6.45) is 0.771. The van der Waals surface area contributed by atoms with Crippen LogP contribution in [0.15, 0.2) is 0 Å². The normalized spacial score (nSPS) is 35.3. The van der Waals surface area contributed by atoms with Crippen molar-refractivity contribution in [2.24, 2.45) is 17.6 Å². The molecule has 2 aliphatic rings. The number of hydrogen-bond donors (Lipinski definition) is 1. The van der Waals surface area contributed by atoms with Crippen molar-refractivity contribution in [3.8, 4) is 0 Å². The van der Waals surface area contributed by atoms with Crippen molar-refractivity contribution in [1.29, 1.82) is 0 Å². The zero-order chi connectivity index (χ0) is 8.88. The van der Waals surface area contributed by atoms with Crippen molar-refractivity contribution in [2.75, 3.05) is 6.54 Å². The molecule has 3 atom stereocenters. The van der Waals surface area contributed by atoms with E-state index in [1.54, 1.807) is 6.92 Å². The van der Waals surface area contributed by atoms with Crippen molar-refractivity contribution in [2.45, 2.75) is 19.4 Å². The average Bonchev–Trinajstić information content (AvgIpc) is 2.71. The second kappa shape index (κ2) is 2.29. The molecule has 2 fully saturated rings. The molecule has 2 unspecified atom stereocenters. The van der Waals surface area contributed by atoms with Crippen molar-refractivity contribution in [3.05, 3.63) is 0 Å². The summed E-state index contributed by atoms with van der Waals surface area (Å²) in [5.41, 5.74) is 5.51. The fourth-order valence-electron chi connectivity index (χ4n) is 1.72. The van der Waals surface area contributed by atoms with Gasteiger partial charge in [-0.25, -0.2) is 0 Å². The van der Waals surface area contributed by atoms with Crippen LogP contribution in [0.25, 0.3) is 0 Å². The molecule has 0 bridgehead atoms. The summed E-state index contributed by atoms with van der Waals surface area (Å²) < 4.78 is 0. The van der Waals surface area contributed by atoms with Crippen LogP contribution < -0.4 is 5.73 Å². The van der Waals surface area contributed by atoms with Gasteiger partial charge >= 0.3 is 0 Å². The number of nitrogens with two attached hydrogens (primary N) is 1. The third-order valence-electron chi connectivity index (χ3n) is 2.43. The molecule has 4 nitrogen and oxygen atoms in total. The zero-order valence-electron chi connectivity index (χ0n) is 6.99. The van der Waals surface area contributed by atoms with Crippen LogP contribution in [-0.2, 0) is 9.59 Å². The molecule has 1 aliphatic carbocycles. The van der Waals surface area contributed by atoms with E-state index in [0.29, 0.717) is 6.54 Å². The molecule has 2 amide bonds. The highest BCUT2D eigenvalue weighted by Gasteiger charge is 2.58. The lowest BCUT2D eigenvalue weighted by molar-refractivity contribution is -0.141. The van der Waals surface area contributed by atoms with Gasteiger partial charge in [0.2, 0.25) is 11.8 Å². The van der Waals surface area contributed by atoms with E-state index in [2.05, 4.69) is 0 Å². The minimum Gasteiger partial charge on any atom is -0.326 e. The Morgan fingerprint density at radius 1 is 1.50 bits per heavy atom. The largest absolute Gasteiger partial charge is 0.326 e. The molecule has 2 rings (SSSR count). The summed E-state index contributed by atoms with van der Waals surface area (Å²) in [6, 6.07) is -0.115. The van der Waals surface area contributed by atoms with Gasteiger partial charge in [-0.15, -0.1) is 0 Å². The van der Waals surface area contributed by atoms with Crippen LogP contribution in [0.3, 0.4) is 0 Å². The minimum absolute atomic E-state index is 0.0104. The van der Waals surface area contributed by atoms with Crippen LogP contribution in [0.1, 0.15) is 13.3 Å². The van der Waals surface area contributed by atoms with Crippen LogP contribution in [0.2, 0.25) is 0 Å². The molecular formula is C8H12N2O2. The van der Waals surface area contributed by atoms with Crippen LogP contribution in [0.4, 0.5) is 0 Å². The number of hydrogen-bond acceptors (Lipinski definition) is 3. The third-order valence-corrected chi connectivity index (χ3v) is 2.43. The van der Waals surface area contributed by atoms with Gasteiger partial charge in [-0.2, -0.15) is 0 Å². The van der Waals surface area contributed by atoms with Crippen LogP contribution >= 0.6 is 0 Å². The van der Waals surface area contributed by atoms with Gasteiger partial charge in [-0.05, 0) is 13.3 Å². The molecule has 0 spiro atoms. The van der Waals surface area contributed by atoms with Gasteiger partial charge in [-0.1, -0.05) is 0 Å². The maximum Gasteiger partial charge on any atom is 0.233 e. The van der Waals surface area contributed by atoms with Crippen molar-refractivity contribution >= 4 is 11.8 Å². The molecule has 66 valence electrons. The first-order chi connectivity index (χ1) is 5.61. The van der Waals surface area contributed by atoms with Gasteiger partial charge in [0, 0.05) is 12.6 Å². The van der Waals surface area contributed by atoms with E-state index >= 15 is 0 Å². The van der Waals surface area contributed by atoms with E-state index in [-0.39, 0.29) is 29.7 Å². The molecule has 1 aliphatic heterocycles. The minimum atomic E-state index is -0.115.